The quantitative estimate of drug-likeness (QED) is 0.624. The third-order valence-corrected chi connectivity index (χ3v) is 5.83. The number of nitrogens with zero attached hydrogens (tertiary/aromatic N) is 6. The van der Waals surface area contributed by atoms with Gasteiger partial charge in [-0.05, 0) is 48.6 Å². The summed E-state index contributed by atoms with van der Waals surface area (Å²) in [5.74, 6) is 0.558. The smallest absolute Gasteiger partial charge is 0.209 e. The Balaban J connectivity index is 1.36. The normalized spacial score (nSPS) is 14.6. The minimum Gasteiger partial charge on any atom is -0.354 e. The van der Waals surface area contributed by atoms with Gasteiger partial charge in [-0.2, -0.15) is 5.26 Å². The number of benzene rings is 1. The van der Waals surface area contributed by atoms with Crippen molar-refractivity contribution in [2.45, 2.75) is 6.67 Å². The SMILES string of the molecule is N#Cc1ccnc(N2CCN(Cn3nc(Nc4ccc(F)cc4)sc3=S)CC2)c1. The van der Waals surface area contributed by atoms with Crippen LogP contribution in [0.5, 0.6) is 0 Å². The van der Waals surface area contributed by atoms with Crippen molar-refractivity contribution in [1.29, 1.82) is 5.26 Å². The van der Waals surface area contributed by atoms with Crippen LogP contribution in [0, 0.1) is 21.1 Å². The Hall–Kier alpha value is -2.87. The molecule has 148 valence electrons. The third kappa shape index (κ3) is 4.76. The summed E-state index contributed by atoms with van der Waals surface area (Å²) in [6.45, 7) is 3.94. The van der Waals surface area contributed by atoms with Crippen molar-refractivity contribution in [3.8, 4) is 6.07 Å². The number of hydrogen-bond donors (Lipinski definition) is 1. The van der Waals surface area contributed by atoms with Crippen molar-refractivity contribution in [3.63, 3.8) is 0 Å². The lowest BCUT2D eigenvalue weighted by Gasteiger charge is -2.35. The summed E-state index contributed by atoms with van der Waals surface area (Å²) in [6, 6.07) is 11.8. The van der Waals surface area contributed by atoms with Crippen LogP contribution in [0.25, 0.3) is 0 Å². The fraction of sp³-hybridized carbons (Fsp3) is 0.263. The molecule has 1 aliphatic heterocycles. The van der Waals surface area contributed by atoms with Crippen LogP contribution < -0.4 is 10.2 Å². The van der Waals surface area contributed by atoms with E-state index in [0.29, 0.717) is 21.3 Å². The highest BCUT2D eigenvalue weighted by molar-refractivity contribution is 7.73. The number of hydrogen-bond acceptors (Lipinski definition) is 8. The third-order valence-electron chi connectivity index (χ3n) is 4.61. The molecule has 0 saturated carbocycles. The van der Waals surface area contributed by atoms with E-state index in [0.717, 1.165) is 37.7 Å². The molecule has 4 rings (SSSR count). The molecular weight excluding hydrogens is 409 g/mol. The summed E-state index contributed by atoms with van der Waals surface area (Å²) in [7, 11) is 0. The molecule has 1 N–H and O–H groups in total. The Labute approximate surface area is 176 Å². The average Bonchev–Trinajstić information content (AvgIpc) is 3.09. The Kier molecular flexibility index (Phi) is 5.80. The minimum absolute atomic E-state index is 0.276. The van der Waals surface area contributed by atoms with E-state index in [4.69, 9.17) is 17.5 Å². The molecule has 1 saturated heterocycles. The second-order valence-electron chi connectivity index (χ2n) is 6.57. The first kappa shape index (κ1) is 19.4. The van der Waals surface area contributed by atoms with E-state index in [9.17, 15) is 4.39 Å². The van der Waals surface area contributed by atoms with Crippen molar-refractivity contribution in [3.05, 3.63) is 57.9 Å². The van der Waals surface area contributed by atoms with Gasteiger partial charge in [-0.15, -0.1) is 5.10 Å². The summed E-state index contributed by atoms with van der Waals surface area (Å²) in [6.07, 6.45) is 1.67. The van der Waals surface area contributed by atoms with Gasteiger partial charge in [0.25, 0.3) is 0 Å². The molecule has 0 spiro atoms. The molecule has 3 aromatic rings. The van der Waals surface area contributed by atoms with E-state index in [2.05, 4.69) is 31.3 Å². The molecule has 0 atom stereocenters. The molecule has 1 aromatic carbocycles. The molecule has 1 fully saturated rings. The lowest BCUT2D eigenvalue weighted by atomic mass is 10.2. The fourth-order valence-corrected chi connectivity index (χ4v) is 4.08. The molecule has 10 heteroatoms. The average molecular weight is 428 g/mol. The molecule has 0 radical (unpaired) electrons. The van der Waals surface area contributed by atoms with Crippen LogP contribution in [-0.2, 0) is 6.67 Å². The highest BCUT2D eigenvalue weighted by Crippen LogP contribution is 2.21. The Morgan fingerprint density at radius 1 is 1.17 bits per heavy atom. The van der Waals surface area contributed by atoms with E-state index in [1.807, 2.05) is 6.07 Å². The topological polar surface area (TPSA) is 73.0 Å². The van der Waals surface area contributed by atoms with Crippen molar-refractivity contribution < 1.29 is 4.39 Å². The van der Waals surface area contributed by atoms with Crippen LogP contribution >= 0.6 is 23.6 Å². The molecule has 2 aromatic heterocycles. The van der Waals surface area contributed by atoms with E-state index < -0.39 is 0 Å². The number of aromatic nitrogens is 3. The van der Waals surface area contributed by atoms with E-state index in [1.165, 1.54) is 23.5 Å². The minimum atomic E-state index is -0.276. The predicted molar refractivity (Wildman–Crippen MR) is 113 cm³/mol. The van der Waals surface area contributed by atoms with Crippen LogP contribution in [0.3, 0.4) is 0 Å². The molecule has 0 aliphatic carbocycles. The fourth-order valence-electron chi connectivity index (χ4n) is 3.07. The second-order valence-corrected chi connectivity index (χ2v) is 8.19. The van der Waals surface area contributed by atoms with Crippen LogP contribution in [0.15, 0.2) is 42.6 Å². The maximum atomic E-state index is 13.0. The first-order valence-electron chi connectivity index (χ1n) is 9.05. The van der Waals surface area contributed by atoms with Gasteiger partial charge in [0.05, 0.1) is 18.3 Å². The van der Waals surface area contributed by atoms with Gasteiger partial charge >= 0.3 is 0 Å². The summed E-state index contributed by atoms with van der Waals surface area (Å²) in [5, 5.41) is 17.4. The maximum absolute atomic E-state index is 13.0. The number of nitrogens with one attached hydrogen (secondary N) is 1. The predicted octanol–water partition coefficient (Wildman–Crippen LogP) is 3.60. The lowest BCUT2D eigenvalue weighted by Crippen LogP contribution is -2.47. The van der Waals surface area contributed by atoms with Gasteiger partial charge in [0.2, 0.25) is 5.13 Å². The zero-order valence-electron chi connectivity index (χ0n) is 15.5. The molecule has 0 unspecified atom stereocenters. The molecular formula is C19H18FN7S2. The summed E-state index contributed by atoms with van der Waals surface area (Å²) in [4.78, 5) is 8.83. The number of rotatable bonds is 5. The van der Waals surface area contributed by atoms with Crippen LogP contribution in [-0.4, -0.2) is 45.8 Å². The van der Waals surface area contributed by atoms with Crippen molar-refractivity contribution in [1.82, 2.24) is 19.7 Å². The van der Waals surface area contributed by atoms with Gasteiger partial charge in [0.1, 0.15) is 11.6 Å². The number of pyridine rings is 1. The largest absolute Gasteiger partial charge is 0.354 e. The van der Waals surface area contributed by atoms with E-state index >= 15 is 0 Å². The molecule has 29 heavy (non-hydrogen) atoms. The Morgan fingerprint density at radius 2 is 1.93 bits per heavy atom. The number of nitriles is 1. The standard InChI is InChI=1S/C19H18FN7S2/c20-15-1-3-16(4-2-15)23-18-24-27(19(28)29-18)13-25-7-9-26(10-8-25)17-11-14(12-21)5-6-22-17/h1-6,11H,7-10,13H2,(H,23,24). The van der Waals surface area contributed by atoms with E-state index in [1.54, 1.807) is 29.1 Å². The Bertz CT molecular complexity index is 1080. The second kappa shape index (κ2) is 8.65. The molecule has 0 bridgehead atoms. The monoisotopic (exact) mass is 427 g/mol. The lowest BCUT2D eigenvalue weighted by molar-refractivity contribution is 0.195. The van der Waals surface area contributed by atoms with Gasteiger partial charge in [-0.1, -0.05) is 11.3 Å². The summed E-state index contributed by atoms with van der Waals surface area (Å²) < 4.78 is 15.5. The van der Waals surface area contributed by atoms with Crippen LogP contribution in [0.1, 0.15) is 5.56 Å². The first-order chi connectivity index (χ1) is 14.1. The number of halogens is 1. The number of anilines is 3. The highest BCUT2D eigenvalue weighted by Gasteiger charge is 2.19. The molecule has 3 heterocycles. The summed E-state index contributed by atoms with van der Waals surface area (Å²) >= 11 is 6.83. The molecule has 7 nitrogen and oxygen atoms in total. The van der Waals surface area contributed by atoms with Gasteiger partial charge in [0, 0.05) is 38.1 Å². The zero-order valence-corrected chi connectivity index (χ0v) is 17.1. The van der Waals surface area contributed by atoms with Crippen molar-refractivity contribution >= 4 is 40.2 Å². The van der Waals surface area contributed by atoms with Crippen molar-refractivity contribution in [2.75, 3.05) is 36.4 Å². The van der Waals surface area contributed by atoms with Gasteiger partial charge < -0.3 is 10.2 Å². The van der Waals surface area contributed by atoms with Gasteiger partial charge in [-0.25, -0.2) is 14.1 Å². The molecule has 0 amide bonds. The highest BCUT2D eigenvalue weighted by atomic mass is 32.1. The number of piperazine rings is 1. The molecule has 1 aliphatic rings. The summed E-state index contributed by atoms with van der Waals surface area (Å²) in [5.41, 5.74) is 1.38. The van der Waals surface area contributed by atoms with E-state index in [-0.39, 0.29) is 5.82 Å². The van der Waals surface area contributed by atoms with Crippen LogP contribution in [0.4, 0.5) is 21.0 Å². The van der Waals surface area contributed by atoms with Gasteiger partial charge in [0.15, 0.2) is 3.95 Å². The van der Waals surface area contributed by atoms with Gasteiger partial charge in [-0.3, -0.25) is 4.90 Å². The van der Waals surface area contributed by atoms with Crippen molar-refractivity contribution in [2.24, 2.45) is 0 Å². The first-order valence-corrected chi connectivity index (χ1v) is 10.3. The Morgan fingerprint density at radius 3 is 2.66 bits per heavy atom. The maximum Gasteiger partial charge on any atom is 0.209 e. The van der Waals surface area contributed by atoms with Crippen LogP contribution in [0.2, 0.25) is 0 Å². The zero-order chi connectivity index (χ0) is 20.2.